The molecule has 1 aromatic heterocycles. The first kappa shape index (κ1) is 16.8. The van der Waals surface area contributed by atoms with Gasteiger partial charge in [-0.15, -0.1) is 0 Å². The Bertz CT molecular complexity index is 992. The first-order valence-corrected chi connectivity index (χ1v) is 8.03. The topological polar surface area (TPSA) is 62.4 Å². The number of anilines is 1. The minimum Gasteiger partial charge on any atom is -0.497 e. The van der Waals surface area contributed by atoms with Crippen LogP contribution < -0.4 is 15.2 Å². The molecule has 5 nitrogen and oxygen atoms in total. The van der Waals surface area contributed by atoms with Crippen molar-refractivity contribution in [2.45, 2.75) is 20.4 Å². The molecule has 1 amide bonds. The highest BCUT2D eigenvalue weighted by Crippen LogP contribution is 2.23. The average molecular weight is 336 g/mol. The number of carbonyl (C=O) groups is 1. The number of hydrogen-bond acceptors (Lipinski definition) is 3. The van der Waals surface area contributed by atoms with E-state index in [2.05, 4.69) is 4.98 Å². The van der Waals surface area contributed by atoms with Crippen LogP contribution in [0, 0.1) is 6.92 Å². The van der Waals surface area contributed by atoms with E-state index < -0.39 is 0 Å². The van der Waals surface area contributed by atoms with E-state index in [0.717, 1.165) is 22.2 Å². The monoisotopic (exact) mass is 336 g/mol. The Hall–Kier alpha value is -3.08. The number of fused-ring (bicyclic) bond motifs is 1. The molecule has 0 saturated carbocycles. The van der Waals surface area contributed by atoms with Crippen LogP contribution in [0.3, 0.4) is 0 Å². The number of hydrogen-bond donors (Lipinski definition) is 1. The molecule has 2 aromatic carbocycles. The number of rotatable bonds is 4. The summed E-state index contributed by atoms with van der Waals surface area (Å²) in [6, 6.07) is 14.9. The van der Waals surface area contributed by atoms with Crippen LogP contribution in [0.4, 0.5) is 5.69 Å². The number of methoxy groups -OCH3 is 1. The second-order valence-electron chi connectivity index (χ2n) is 5.97. The van der Waals surface area contributed by atoms with Gasteiger partial charge in [0.1, 0.15) is 5.75 Å². The lowest BCUT2D eigenvalue weighted by molar-refractivity contribution is -0.116. The summed E-state index contributed by atoms with van der Waals surface area (Å²) in [4.78, 5) is 29.1. The number of H-pyrrole nitrogens is 1. The fourth-order valence-corrected chi connectivity index (χ4v) is 2.88. The zero-order valence-corrected chi connectivity index (χ0v) is 14.5. The molecule has 0 saturated heterocycles. The Morgan fingerprint density at radius 2 is 1.92 bits per heavy atom. The summed E-state index contributed by atoms with van der Waals surface area (Å²) in [5.41, 5.74) is 2.85. The van der Waals surface area contributed by atoms with Gasteiger partial charge in [-0.2, -0.15) is 0 Å². The number of aromatic nitrogens is 1. The van der Waals surface area contributed by atoms with Crippen LogP contribution in [-0.2, 0) is 11.3 Å². The molecule has 128 valence electrons. The summed E-state index contributed by atoms with van der Waals surface area (Å²) >= 11 is 0. The molecule has 5 heteroatoms. The van der Waals surface area contributed by atoms with Crippen molar-refractivity contribution >= 4 is 22.5 Å². The Morgan fingerprint density at radius 3 is 2.60 bits per heavy atom. The lowest BCUT2D eigenvalue weighted by Gasteiger charge is -2.23. The van der Waals surface area contributed by atoms with Gasteiger partial charge in [-0.05, 0) is 42.8 Å². The van der Waals surface area contributed by atoms with Crippen molar-refractivity contribution < 1.29 is 9.53 Å². The smallest absolute Gasteiger partial charge is 0.253 e. The normalized spacial score (nSPS) is 10.7. The summed E-state index contributed by atoms with van der Waals surface area (Å²) < 4.78 is 5.24. The first-order chi connectivity index (χ1) is 12.0. The first-order valence-electron chi connectivity index (χ1n) is 8.03. The van der Waals surface area contributed by atoms with Crippen molar-refractivity contribution in [2.24, 2.45) is 0 Å². The van der Waals surface area contributed by atoms with Crippen molar-refractivity contribution in [1.82, 2.24) is 4.98 Å². The van der Waals surface area contributed by atoms with Gasteiger partial charge >= 0.3 is 0 Å². The van der Waals surface area contributed by atoms with Crippen LogP contribution >= 0.6 is 0 Å². The number of amides is 1. The zero-order chi connectivity index (χ0) is 18.0. The Kier molecular flexibility index (Phi) is 4.57. The van der Waals surface area contributed by atoms with Gasteiger partial charge in [0.2, 0.25) is 5.91 Å². The van der Waals surface area contributed by atoms with Crippen LogP contribution in [0.25, 0.3) is 10.9 Å². The third kappa shape index (κ3) is 3.40. The molecule has 1 heterocycles. The summed E-state index contributed by atoms with van der Waals surface area (Å²) in [7, 11) is 1.60. The number of nitrogens with zero attached hydrogens (tertiary/aromatic N) is 1. The highest BCUT2D eigenvalue weighted by molar-refractivity contribution is 5.92. The molecule has 0 radical (unpaired) electrons. The maximum Gasteiger partial charge on any atom is 0.253 e. The van der Waals surface area contributed by atoms with Gasteiger partial charge in [-0.25, -0.2) is 0 Å². The number of aromatic amines is 1. The zero-order valence-electron chi connectivity index (χ0n) is 14.5. The maximum atomic E-state index is 12.4. The number of benzene rings is 2. The fraction of sp³-hybridized carbons (Fsp3) is 0.200. The largest absolute Gasteiger partial charge is 0.497 e. The van der Waals surface area contributed by atoms with Gasteiger partial charge in [0.15, 0.2) is 0 Å². The van der Waals surface area contributed by atoms with Crippen LogP contribution in [0.5, 0.6) is 5.75 Å². The summed E-state index contributed by atoms with van der Waals surface area (Å²) in [5.74, 6) is 0.604. The van der Waals surface area contributed by atoms with Gasteiger partial charge < -0.3 is 14.6 Å². The molecular weight excluding hydrogens is 316 g/mol. The highest BCUT2D eigenvalue weighted by atomic mass is 16.5. The van der Waals surface area contributed by atoms with E-state index >= 15 is 0 Å². The fourth-order valence-electron chi connectivity index (χ4n) is 2.88. The second kappa shape index (κ2) is 6.81. The van der Waals surface area contributed by atoms with Gasteiger partial charge in [-0.3, -0.25) is 9.59 Å². The molecule has 0 atom stereocenters. The Labute approximate surface area is 145 Å². The van der Waals surface area contributed by atoms with Gasteiger partial charge in [0.05, 0.1) is 13.7 Å². The highest BCUT2D eigenvalue weighted by Gasteiger charge is 2.16. The summed E-state index contributed by atoms with van der Waals surface area (Å²) in [5, 5.41) is 0.863. The number of aryl methyl sites for hydroxylation is 1. The molecule has 3 aromatic rings. The molecule has 25 heavy (non-hydrogen) atoms. The number of nitrogens with one attached hydrogen (secondary N) is 1. The molecule has 0 fully saturated rings. The van der Waals surface area contributed by atoms with E-state index in [9.17, 15) is 9.59 Å². The molecule has 0 unspecified atom stereocenters. The van der Waals surface area contributed by atoms with Crippen molar-refractivity contribution in [3.8, 4) is 5.75 Å². The Balaban J connectivity index is 2.05. The molecule has 0 bridgehead atoms. The van der Waals surface area contributed by atoms with Gasteiger partial charge in [0, 0.05) is 29.1 Å². The molecule has 1 N–H and O–H groups in total. The van der Waals surface area contributed by atoms with E-state index in [1.54, 1.807) is 18.1 Å². The minimum atomic E-state index is -0.197. The maximum absolute atomic E-state index is 12.4. The summed E-state index contributed by atoms with van der Waals surface area (Å²) in [6.45, 7) is 3.66. The third-order valence-electron chi connectivity index (χ3n) is 4.24. The van der Waals surface area contributed by atoms with E-state index in [1.165, 1.54) is 6.92 Å². The molecule has 0 aliphatic rings. The SMILES string of the molecule is COc1ccc2[nH]c(=O)c(CN(C(C)=O)c3ccccc3C)cc2c1. The third-order valence-corrected chi connectivity index (χ3v) is 4.24. The predicted molar refractivity (Wildman–Crippen MR) is 99.2 cm³/mol. The van der Waals surface area contributed by atoms with Crippen molar-refractivity contribution in [1.29, 1.82) is 0 Å². The van der Waals surface area contributed by atoms with Crippen LogP contribution in [0.1, 0.15) is 18.1 Å². The van der Waals surface area contributed by atoms with E-state index in [0.29, 0.717) is 11.3 Å². The van der Waals surface area contributed by atoms with Crippen molar-refractivity contribution in [3.05, 3.63) is 70.0 Å². The predicted octanol–water partition coefficient (Wildman–Crippen LogP) is 3.40. The number of carbonyl (C=O) groups excluding carboxylic acids is 1. The molecule has 0 aliphatic heterocycles. The number of ether oxygens (including phenoxy) is 1. The standard InChI is InChI=1S/C20H20N2O3/c1-13-6-4-5-7-19(13)22(14(2)23)12-16-10-15-11-17(25-3)8-9-18(15)21-20(16)24/h4-11H,12H2,1-3H3,(H,21,24). The number of para-hydroxylation sites is 1. The van der Waals surface area contributed by atoms with Gasteiger partial charge in [0.25, 0.3) is 5.56 Å². The van der Waals surface area contributed by atoms with Crippen LogP contribution in [-0.4, -0.2) is 18.0 Å². The second-order valence-corrected chi connectivity index (χ2v) is 5.97. The van der Waals surface area contributed by atoms with E-state index in [4.69, 9.17) is 4.74 Å². The minimum absolute atomic E-state index is 0.112. The summed E-state index contributed by atoms with van der Waals surface area (Å²) in [6.07, 6.45) is 0. The van der Waals surface area contributed by atoms with E-state index in [-0.39, 0.29) is 18.0 Å². The van der Waals surface area contributed by atoms with Crippen LogP contribution in [0.2, 0.25) is 0 Å². The molecule has 0 spiro atoms. The quantitative estimate of drug-likeness (QED) is 0.794. The van der Waals surface area contributed by atoms with E-state index in [1.807, 2.05) is 49.4 Å². The number of pyridine rings is 1. The molecule has 3 rings (SSSR count). The van der Waals surface area contributed by atoms with Gasteiger partial charge in [-0.1, -0.05) is 18.2 Å². The lowest BCUT2D eigenvalue weighted by Crippen LogP contribution is -2.31. The average Bonchev–Trinajstić information content (AvgIpc) is 2.60. The molecule has 0 aliphatic carbocycles. The van der Waals surface area contributed by atoms with Crippen molar-refractivity contribution in [2.75, 3.05) is 12.0 Å². The lowest BCUT2D eigenvalue weighted by atomic mass is 10.1. The van der Waals surface area contributed by atoms with Crippen molar-refractivity contribution in [3.63, 3.8) is 0 Å². The van der Waals surface area contributed by atoms with Crippen LogP contribution in [0.15, 0.2) is 53.3 Å². The molecular formula is C20H20N2O3. The Morgan fingerprint density at radius 1 is 1.16 bits per heavy atom.